The number of sulfone groups is 1. The van der Waals surface area contributed by atoms with Crippen LogP contribution in [0.5, 0.6) is 5.75 Å². The van der Waals surface area contributed by atoms with Crippen molar-refractivity contribution in [3.8, 4) is 17.0 Å². The summed E-state index contributed by atoms with van der Waals surface area (Å²) in [5.74, 6) is 0.233. The lowest BCUT2D eigenvalue weighted by atomic mass is 10.1. The van der Waals surface area contributed by atoms with E-state index in [-0.39, 0.29) is 29.4 Å². The Bertz CT molecular complexity index is 1350. The van der Waals surface area contributed by atoms with Crippen LogP contribution in [0, 0.1) is 0 Å². The Balaban J connectivity index is 1.33. The van der Waals surface area contributed by atoms with Gasteiger partial charge in [0.2, 0.25) is 5.91 Å². The zero-order chi connectivity index (χ0) is 22.6. The van der Waals surface area contributed by atoms with Crippen LogP contribution in [-0.2, 0) is 14.6 Å². The Morgan fingerprint density at radius 3 is 2.53 bits per heavy atom. The first-order valence-electron chi connectivity index (χ1n) is 10.1. The second-order valence-corrected chi connectivity index (χ2v) is 10.2. The van der Waals surface area contributed by atoms with Gasteiger partial charge in [-0.3, -0.25) is 4.79 Å². The van der Waals surface area contributed by atoms with Gasteiger partial charge in [-0.25, -0.2) is 13.4 Å². The summed E-state index contributed by atoms with van der Waals surface area (Å²) in [5, 5.41) is 7.44. The van der Waals surface area contributed by atoms with Crippen LogP contribution >= 0.6 is 11.3 Å². The van der Waals surface area contributed by atoms with Crippen molar-refractivity contribution in [2.24, 2.45) is 0 Å². The summed E-state index contributed by atoms with van der Waals surface area (Å²) in [4.78, 5) is 17.0. The summed E-state index contributed by atoms with van der Waals surface area (Å²) in [6.07, 6.45) is 0.323. The Labute approximate surface area is 190 Å². The molecule has 32 heavy (non-hydrogen) atoms. The van der Waals surface area contributed by atoms with E-state index in [0.717, 1.165) is 22.0 Å². The average molecular weight is 467 g/mol. The molecule has 0 bridgehead atoms. The summed E-state index contributed by atoms with van der Waals surface area (Å²) in [6, 6.07) is 20.5. The minimum atomic E-state index is -3.45. The van der Waals surface area contributed by atoms with E-state index in [2.05, 4.69) is 22.4 Å². The van der Waals surface area contributed by atoms with Gasteiger partial charge < -0.3 is 10.1 Å². The van der Waals surface area contributed by atoms with Crippen molar-refractivity contribution < 1.29 is 17.9 Å². The number of carbonyl (C=O) groups is 1. The Morgan fingerprint density at radius 2 is 1.78 bits per heavy atom. The number of anilines is 1. The van der Waals surface area contributed by atoms with E-state index < -0.39 is 9.84 Å². The van der Waals surface area contributed by atoms with Gasteiger partial charge in [-0.05, 0) is 47.5 Å². The molecular formula is C24H22N2O4S2. The fraction of sp³-hybridized carbons (Fsp3) is 0.167. The molecule has 0 unspecified atom stereocenters. The maximum atomic E-state index is 12.4. The molecule has 8 heteroatoms. The van der Waals surface area contributed by atoms with Crippen LogP contribution in [0.4, 0.5) is 5.13 Å². The zero-order valence-corrected chi connectivity index (χ0v) is 19.1. The molecule has 0 saturated carbocycles. The van der Waals surface area contributed by atoms with Gasteiger partial charge in [-0.2, -0.15) is 0 Å². The van der Waals surface area contributed by atoms with Crippen molar-refractivity contribution in [3.05, 3.63) is 72.1 Å². The molecule has 0 radical (unpaired) electrons. The number of amides is 1. The average Bonchev–Trinajstić information content (AvgIpc) is 3.27. The molecule has 0 aliphatic heterocycles. The molecule has 0 aliphatic carbocycles. The van der Waals surface area contributed by atoms with E-state index >= 15 is 0 Å². The van der Waals surface area contributed by atoms with Crippen molar-refractivity contribution in [2.45, 2.75) is 17.7 Å². The molecule has 4 rings (SSSR count). The Hall–Kier alpha value is -3.23. The van der Waals surface area contributed by atoms with Gasteiger partial charge in [0, 0.05) is 17.4 Å². The number of aromatic nitrogens is 1. The van der Waals surface area contributed by atoms with Gasteiger partial charge in [0.15, 0.2) is 15.0 Å². The quantitative estimate of drug-likeness (QED) is 0.387. The molecule has 1 heterocycles. The van der Waals surface area contributed by atoms with E-state index in [1.54, 1.807) is 12.1 Å². The standard InChI is InChI=1S/C24H22N2O4S2/c1-30-20-10-12-21(13-11-20)32(28,29)14-4-7-23(27)26-24-25-22(16-31-24)19-9-8-17-5-2-3-6-18(17)15-19/h2-3,5-6,8-13,15-16H,4,7,14H2,1H3,(H,25,26,27). The summed E-state index contributed by atoms with van der Waals surface area (Å²) in [7, 11) is -1.93. The molecule has 0 spiro atoms. The molecule has 0 atom stereocenters. The molecule has 3 aromatic carbocycles. The molecule has 1 N–H and O–H groups in total. The number of hydrogen-bond acceptors (Lipinski definition) is 6. The van der Waals surface area contributed by atoms with Crippen LogP contribution in [0.3, 0.4) is 0 Å². The van der Waals surface area contributed by atoms with Gasteiger partial charge in [0.25, 0.3) is 0 Å². The Kier molecular flexibility index (Phi) is 6.53. The molecule has 1 aromatic heterocycles. The van der Waals surface area contributed by atoms with E-state index in [0.29, 0.717) is 10.9 Å². The second-order valence-electron chi connectivity index (χ2n) is 7.25. The van der Waals surface area contributed by atoms with Gasteiger partial charge >= 0.3 is 0 Å². The van der Waals surface area contributed by atoms with Gasteiger partial charge in [0.1, 0.15) is 5.75 Å². The molecule has 4 aromatic rings. The minimum absolute atomic E-state index is 0.0975. The topological polar surface area (TPSA) is 85.4 Å². The third-order valence-electron chi connectivity index (χ3n) is 5.03. The molecule has 164 valence electrons. The molecule has 0 fully saturated rings. The third kappa shape index (κ3) is 5.15. The number of benzene rings is 3. The summed E-state index contributed by atoms with van der Waals surface area (Å²) >= 11 is 1.34. The van der Waals surface area contributed by atoms with Crippen LogP contribution in [0.25, 0.3) is 22.0 Å². The minimum Gasteiger partial charge on any atom is -0.497 e. The van der Waals surface area contributed by atoms with E-state index in [9.17, 15) is 13.2 Å². The number of hydrogen-bond donors (Lipinski definition) is 1. The molecular weight excluding hydrogens is 444 g/mol. The van der Waals surface area contributed by atoms with Gasteiger partial charge in [-0.15, -0.1) is 11.3 Å². The number of ether oxygens (including phenoxy) is 1. The number of fused-ring (bicyclic) bond motifs is 1. The maximum absolute atomic E-state index is 12.4. The predicted octanol–water partition coefficient (Wildman–Crippen LogP) is 5.16. The summed E-state index contributed by atoms with van der Waals surface area (Å²) < 4.78 is 29.9. The normalized spacial score (nSPS) is 11.4. The van der Waals surface area contributed by atoms with Gasteiger partial charge in [-0.1, -0.05) is 36.4 Å². The second kappa shape index (κ2) is 9.50. The van der Waals surface area contributed by atoms with Gasteiger partial charge in [0.05, 0.1) is 23.5 Å². The Morgan fingerprint density at radius 1 is 1.03 bits per heavy atom. The highest BCUT2D eigenvalue weighted by Gasteiger charge is 2.16. The molecule has 0 saturated heterocycles. The first kappa shape index (κ1) is 22.0. The van der Waals surface area contributed by atoms with E-state index in [1.807, 2.05) is 35.7 Å². The number of nitrogens with zero attached hydrogens (tertiary/aromatic N) is 1. The lowest BCUT2D eigenvalue weighted by Gasteiger charge is -2.06. The fourth-order valence-corrected chi connectivity index (χ4v) is 5.36. The van der Waals surface area contributed by atoms with Crippen molar-refractivity contribution in [3.63, 3.8) is 0 Å². The number of methoxy groups -OCH3 is 1. The smallest absolute Gasteiger partial charge is 0.226 e. The molecule has 6 nitrogen and oxygen atoms in total. The summed E-state index contributed by atoms with van der Waals surface area (Å²) in [6.45, 7) is 0. The highest BCUT2D eigenvalue weighted by molar-refractivity contribution is 7.91. The zero-order valence-electron chi connectivity index (χ0n) is 17.4. The first-order chi connectivity index (χ1) is 15.4. The van der Waals surface area contributed by atoms with Crippen molar-refractivity contribution in [1.82, 2.24) is 4.98 Å². The third-order valence-corrected chi connectivity index (χ3v) is 7.61. The van der Waals surface area contributed by atoms with Crippen LogP contribution in [0.1, 0.15) is 12.8 Å². The van der Waals surface area contributed by atoms with E-state index in [1.165, 1.54) is 30.6 Å². The van der Waals surface area contributed by atoms with Crippen LogP contribution in [0.2, 0.25) is 0 Å². The number of thiazole rings is 1. The SMILES string of the molecule is COc1ccc(S(=O)(=O)CCCC(=O)Nc2nc(-c3ccc4ccccc4c3)cs2)cc1. The summed E-state index contributed by atoms with van der Waals surface area (Å²) in [5.41, 5.74) is 1.77. The van der Waals surface area contributed by atoms with Crippen molar-refractivity contribution in [2.75, 3.05) is 18.2 Å². The largest absolute Gasteiger partial charge is 0.497 e. The highest BCUT2D eigenvalue weighted by atomic mass is 32.2. The van der Waals surface area contributed by atoms with E-state index in [4.69, 9.17) is 4.74 Å². The van der Waals surface area contributed by atoms with Crippen LogP contribution < -0.4 is 10.1 Å². The number of rotatable bonds is 8. The number of nitrogens with one attached hydrogen (secondary N) is 1. The van der Waals surface area contributed by atoms with Crippen LogP contribution in [-0.4, -0.2) is 32.2 Å². The number of carbonyl (C=O) groups excluding carboxylic acids is 1. The fourth-order valence-electron chi connectivity index (χ4n) is 3.32. The molecule has 1 amide bonds. The highest BCUT2D eigenvalue weighted by Crippen LogP contribution is 2.28. The maximum Gasteiger partial charge on any atom is 0.226 e. The lowest BCUT2D eigenvalue weighted by Crippen LogP contribution is -2.14. The first-order valence-corrected chi connectivity index (χ1v) is 12.6. The lowest BCUT2D eigenvalue weighted by molar-refractivity contribution is -0.116. The molecule has 0 aliphatic rings. The predicted molar refractivity (Wildman–Crippen MR) is 128 cm³/mol. The van der Waals surface area contributed by atoms with Crippen LogP contribution in [0.15, 0.2) is 77.0 Å². The van der Waals surface area contributed by atoms with Crippen molar-refractivity contribution >= 4 is 43.0 Å². The van der Waals surface area contributed by atoms with Crippen molar-refractivity contribution in [1.29, 1.82) is 0 Å². The monoisotopic (exact) mass is 466 g/mol.